The summed E-state index contributed by atoms with van der Waals surface area (Å²) in [5, 5.41) is 0. The monoisotopic (exact) mass is 246 g/mol. The zero-order chi connectivity index (χ0) is 12.3. The van der Waals surface area contributed by atoms with E-state index in [1.54, 1.807) is 0 Å². The molecule has 4 bridgehead atoms. The van der Waals surface area contributed by atoms with Gasteiger partial charge in [-0.3, -0.25) is 0 Å². The van der Waals surface area contributed by atoms with Gasteiger partial charge in [0, 0.05) is 0 Å². The molecule has 4 saturated carbocycles. The van der Waals surface area contributed by atoms with Crippen LogP contribution in [0.2, 0.25) is 0 Å². The predicted molar refractivity (Wildman–Crippen MR) is 57.4 cm³/mol. The van der Waals surface area contributed by atoms with Gasteiger partial charge in [0.05, 0.1) is 5.60 Å². The molecule has 0 heterocycles. The second-order valence-corrected chi connectivity index (χ2v) is 5.97. The van der Waals surface area contributed by atoms with E-state index in [0.29, 0.717) is 17.8 Å². The van der Waals surface area contributed by atoms with Gasteiger partial charge in [0.1, 0.15) is 6.61 Å². The SMILES string of the molecule is C=C1C2C[C@@H]3C[C@H](C2)CC1(OCC(F)(F)F)C3. The highest BCUT2D eigenvalue weighted by Crippen LogP contribution is 2.59. The zero-order valence-electron chi connectivity index (χ0n) is 9.72. The fourth-order valence-corrected chi connectivity index (χ4v) is 4.26. The van der Waals surface area contributed by atoms with Gasteiger partial charge in [-0.05, 0) is 55.4 Å². The number of ether oxygens (including phenoxy) is 1. The molecule has 0 saturated heterocycles. The highest BCUT2D eigenvalue weighted by atomic mass is 19.4. The Bertz CT molecular complexity index is 333. The Morgan fingerprint density at radius 3 is 2.29 bits per heavy atom. The number of hydrogen-bond donors (Lipinski definition) is 0. The number of hydrogen-bond acceptors (Lipinski definition) is 1. The van der Waals surface area contributed by atoms with Crippen molar-refractivity contribution >= 4 is 0 Å². The first kappa shape index (κ1) is 11.6. The molecule has 0 amide bonds. The van der Waals surface area contributed by atoms with Crippen LogP contribution in [0.4, 0.5) is 13.2 Å². The van der Waals surface area contributed by atoms with E-state index in [1.165, 1.54) is 6.42 Å². The highest BCUT2D eigenvalue weighted by Gasteiger charge is 2.55. The Hall–Kier alpha value is -0.510. The average molecular weight is 246 g/mol. The first-order valence-electron chi connectivity index (χ1n) is 6.28. The van der Waals surface area contributed by atoms with Crippen LogP contribution in [0.25, 0.3) is 0 Å². The molecule has 4 heteroatoms. The highest BCUT2D eigenvalue weighted by molar-refractivity contribution is 5.26. The summed E-state index contributed by atoms with van der Waals surface area (Å²) in [4.78, 5) is 0. The fourth-order valence-electron chi connectivity index (χ4n) is 4.26. The smallest absolute Gasteiger partial charge is 0.361 e. The van der Waals surface area contributed by atoms with E-state index in [9.17, 15) is 13.2 Å². The van der Waals surface area contributed by atoms with Gasteiger partial charge in [-0.2, -0.15) is 13.2 Å². The lowest BCUT2D eigenvalue weighted by Gasteiger charge is -2.57. The minimum absolute atomic E-state index is 0.412. The molecule has 4 atom stereocenters. The van der Waals surface area contributed by atoms with Gasteiger partial charge in [0.2, 0.25) is 0 Å². The third kappa shape index (κ3) is 1.90. The van der Waals surface area contributed by atoms with Gasteiger partial charge in [-0.15, -0.1) is 0 Å². The Morgan fingerprint density at radius 2 is 1.76 bits per heavy atom. The van der Waals surface area contributed by atoms with Gasteiger partial charge in [-0.1, -0.05) is 6.58 Å². The summed E-state index contributed by atoms with van der Waals surface area (Å²) in [6.07, 6.45) is 0.702. The van der Waals surface area contributed by atoms with Gasteiger partial charge >= 0.3 is 6.18 Å². The molecule has 4 rings (SSSR count). The van der Waals surface area contributed by atoms with Crippen LogP contribution in [0.5, 0.6) is 0 Å². The number of halogens is 3. The van der Waals surface area contributed by atoms with Crippen LogP contribution >= 0.6 is 0 Å². The molecule has 0 radical (unpaired) electrons. The van der Waals surface area contributed by atoms with Crippen LogP contribution in [0.15, 0.2) is 12.2 Å². The Labute approximate surface area is 99.0 Å². The standard InChI is InChI=1S/C13H17F3O/c1-8-11-3-9-2-10(4-11)6-12(8,5-9)17-7-13(14,15)16/h9-11H,1-7H2/t9-,10+,11?,12?. The Balaban J connectivity index is 1.79. The van der Waals surface area contributed by atoms with Crippen molar-refractivity contribution in [3.8, 4) is 0 Å². The van der Waals surface area contributed by atoms with Crippen molar-refractivity contribution < 1.29 is 17.9 Å². The normalized spacial score (nSPS) is 44.4. The second-order valence-electron chi connectivity index (χ2n) is 5.97. The van der Waals surface area contributed by atoms with Crippen molar-refractivity contribution in [2.75, 3.05) is 6.61 Å². The molecule has 0 N–H and O–H groups in total. The topological polar surface area (TPSA) is 9.23 Å². The molecule has 0 aromatic rings. The van der Waals surface area contributed by atoms with Crippen LogP contribution in [0.1, 0.15) is 32.1 Å². The van der Waals surface area contributed by atoms with Crippen molar-refractivity contribution in [1.82, 2.24) is 0 Å². The summed E-state index contributed by atoms with van der Waals surface area (Å²) in [6, 6.07) is 0. The summed E-state index contributed by atoms with van der Waals surface area (Å²) in [5.74, 6) is 1.53. The molecule has 0 aliphatic heterocycles. The van der Waals surface area contributed by atoms with E-state index in [-0.39, 0.29) is 0 Å². The van der Waals surface area contributed by atoms with Gasteiger partial charge in [-0.25, -0.2) is 0 Å². The summed E-state index contributed by atoms with van der Waals surface area (Å²) >= 11 is 0. The minimum Gasteiger partial charge on any atom is -0.361 e. The summed E-state index contributed by atoms with van der Waals surface area (Å²) in [7, 11) is 0. The van der Waals surface area contributed by atoms with E-state index in [1.807, 2.05) is 0 Å². The van der Waals surface area contributed by atoms with Gasteiger partial charge in [0.15, 0.2) is 0 Å². The van der Waals surface area contributed by atoms with E-state index in [0.717, 1.165) is 31.3 Å². The third-order valence-electron chi connectivity index (χ3n) is 4.73. The third-order valence-corrected chi connectivity index (χ3v) is 4.73. The maximum absolute atomic E-state index is 12.3. The van der Waals surface area contributed by atoms with Crippen molar-refractivity contribution in [2.24, 2.45) is 17.8 Å². The van der Waals surface area contributed by atoms with Crippen LogP contribution in [0, 0.1) is 17.8 Å². The quantitative estimate of drug-likeness (QED) is 0.675. The maximum atomic E-state index is 12.3. The maximum Gasteiger partial charge on any atom is 0.411 e. The van der Waals surface area contributed by atoms with E-state index < -0.39 is 18.4 Å². The van der Waals surface area contributed by atoms with Crippen molar-refractivity contribution in [3.05, 3.63) is 12.2 Å². The number of rotatable bonds is 2. The molecule has 4 aliphatic rings. The average Bonchev–Trinajstić information content (AvgIpc) is 2.21. The van der Waals surface area contributed by atoms with Crippen LogP contribution in [-0.2, 0) is 4.74 Å². The van der Waals surface area contributed by atoms with Crippen LogP contribution in [0.3, 0.4) is 0 Å². The van der Waals surface area contributed by atoms with Crippen LogP contribution in [-0.4, -0.2) is 18.4 Å². The lowest BCUT2D eigenvalue weighted by molar-refractivity contribution is -0.219. The minimum atomic E-state index is -4.23. The summed E-state index contributed by atoms with van der Waals surface area (Å²) in [6.45, 7) is 2.91. The van der Waals surface area contributed by atoms with Gasteiger partial charge in [0.25, 0.3) is 0 Å². The largest absolute Gasteiger partial charge is 0.411 e. The number of alkyl halides is 3. The molecule has 0 spiro atoms. The van der Waals surface area contributed by atoms with E-state index in [4.69, 9.17) is 4.74 Å². The van der Waals surface area contributed by atoms with Crippen molar-refractivity contribution in [3.63, 3.8) is 0 Å². The van der Waals surface area contributed by atoms with Gasteiger partial charge < -0.3 is 4.74 Å². The molecule has 17 heavy (non-hydrogen) atoms. The van der Waals surface area contributed by atoms with Crippen molar-refractivity contribution in [2.45, 2.75) is 43.9 Å². The predicted octanol–water partition coefficient (Wildman–Crippen LogP) is 3.70. The zero-order valence-corrected chi connectivity index (χ0v) is 9.72. The van der Waals surface area contributed by atoms with Crippen molar-refractivity contribution in [1.29, 1.82) is 0 Å². The van der Waals surface area contributed by atoms with E-state index >= 15 is 0 Å². The fraction of sp³-hybridized carbons (Fsp3) is 0.846. The second kappa shape index (κ2) is 3.50. The molecule has 2 unspecified atom stereocenters. The first-order chi connectivity index (χ1) is 7.88. The molecule has 96 valence electrons. The van der Waals surface area contributed by atoms with E-state index in [2.05, 4.69) is 6.58 Å². The molecule has 0 aromatic heterocycles. The molecular weight excluding hydrogens is 229 g/mol. The molecular formula is C13H17F3O. The Kier molecular flexibility index (Phi) is 2.38. The lowest BCUT2D eigenvalue weighted by atomic mass is 9.52. The summed E-state index contributed by atoms with van der Waals surface area (Å²) < 4.78 is 42.2. The lowest BCUT2D eigenvalue weighted by Crippen LogP contribution is -2.54. The molecule has 4 aliphatic carbocycles. The molecule has 4 fully saturated rings. The Morgan fingerprint density at radius 1 is 1.18 bits per heavy atom. The molecule has 0 aromatic carbocycles. The van der Waals surface area contributed by atoms with Crippen LogP contribution < -0.4 is 0 Å². The molecule has 1 nitrogen and oxygen atoms in total. The first-order valence-corrected chi connectivity index (χ1v) is 6.28. The summed E-state index contributed by atoms with van der Waals surface area (Å²) in [5.41, 5.74) is 0.290.